The van der Waals surface area contributed by atoms with E-state index in [1.54, 1.807) is 31.5 Å². The number of aryl methyl sites for hydroxylation is 1. The Bertz CT molecular complexity index is 1260. The molecule has 0 amide bonds. The van der Waals surface area contributed by atoms with Crippen LogP contribution in [0.5, 0.6) is 0 Å². The van der Waals surface area contributed by atoms with E-state index >= 15 is 0 Å². The fraction of sp³-hybridized carbons (Fsp3) is 0.136. The molecule has 2 aromatic carbocycles. The summed E-state index contributed by atoms with van der Waals surface area (Å²) in [7, 11) is 0. The second-order valence-electron chi connectivity index (χ2n) is 6.68. The third kappa shape index (κ3) is 4.07. The molecule has 0 unspecified atom stereocenters. The molecule has 0 saturated carbocycles. The van der Waals surface area contributed by atoms with E-state index in [0.717, 1.165) is 11.1 Å². The molecule has 0 spiro atoms. The lowest BCUT2D eigenvalue weighted by atomic mass is 10.2. The average molecular weight is 408 g/mol. The Morgan fingerprint density at radius 1 is 0.897 bits per heavy atom. The van der Waals surface area contributed by atoms with Crippen molar-refractivity contribution in [3.63, 3.8) is 0 Å². The van der Waals surface area contributed by atoms with Crippen LogP contribution in [-0.4, -0.2) is 14.1 Å². The van der Waals surface area contributed by atoms with E-state index in [1.165, 1.54) is 9.13 Å². The molecule has 0 N–H and O–H groups in total. The smallest absolute Gasteiger partial charge is 0.316 e. The summed E-state index contributed by atoms with van der Waals surface area (Å²) in [5.74, 6) is 1.10. The topological polar surface area (TPSA) is 70.0 Å². The van der Waals surface area contributed by atoms with Gasteiger partial charge in [0, 0.05) is 23.0 Å². The lowest BCUT2D eigenvalue weighted by Crippen LogP contribution is -2.41. The summed E-state index contributed by atoms with van der Waals surface area (Å²) >= 11 is 5.89. The van der Waals surface area contributed by atoms with E-state index in [2.05, 4.69) is 4.98 Å². The van der Waals surface area contributed by atoms with Crippen LogP contribution in [0, 0.1) is 6.92 Å². The van der Waals surface area contributed by atoms with Crippen molar-refractivity contribution in [3.05, 3.63) is 110 Å². The van der Waals surface area contributed by atoms with Crippen molar-refractivity contribution in [1.82, 2.24) is 14.1 Å². The molecule has 29 heavy (non-hydrogen) atoms. The van der Waals surface area contributed by atoms with E-state index in [1.807, 2.05) is 42.5 Å². The van der Waals surface area contributed by atoms with Crippen molar-refractivity contribution in [2.45, 2.75) is 20.0 Å². The number of halogens is 1. The van der Waals surface area contributed by atoms with Gasteiger partial charge in [0.25, 0.3) is 0 Å². The zero-order valence-electron chi connectivity index (χ0n) is 15.7. The summed E-state index contributed by atoms with van der Waals surface area (Å²) in [6.07, 6.45) is 3.20. The Morgan fingerprint density at radius 3 is 2.17 bits per heavy atom. The molecule has 4 aromatic rings. The maximum absolute atomic E-state index is 12.6. The molecule has 2 aromatic heterocycles. The third-order valence-electron chi connectivity index (χ3n) is 4.63. The number of oxazole rings is 1. The fourth-order valence-corrected chi connectivity index (χ4v) is 3.14. The summed E-state index contributed by atoms with van der Waals surface area (Å²) in [5, 5.41) is 0.620. The molecule has 146 valence electrons. The van der Waals surface area contributed by atoms with Gasteiger partial charge in [-0.05, 0) is 36.8 Å². The Hall–Kier alpha value is -3.38. The van der Waals surface area contributed by atoms with Gasteiger partial charge in [0.15, 0.2) is 0 Å². The maximum Gasteiger partial charge on any atom is 0.316 e. The Balaban J connectivity index is 1.60. The predicted molar refractivity (Wildman–Crippen MR) is 111 cm³/mol. The lowest BCUT2D eigenvalue weighted by Gasteiger charge is -2.08. The van der Waals surface area contributed by atoms with Crippen LogP contribution in [0.2, 0.25) is 5.02 Å². The monoisotopic (exact) mass is 407 g/mol. The standard InChI is InChI=1S/C22H18ClN3O3/c1-15-19(24-20(29-15)17-5-3-2-4-6-17)14-26-12-11-25(21(27)22(26)28)13-16-7-9-18(23)10-8-16/h2-12H,13-14H2,1H3. The molecule has 2 heterocycles. The first-order valence-corrected chi connectivity index (χ1v) is 9.45. The molecule has 0 atom stereocenters. The van der Waals surface area contributed by atoms with Crippen molar-refractivity contribution in [2.24, 2.45) is 0 Å². The highest BCUT2D eigenvalue weighted by molar-refractivity contribution is 6.30. The summed E-state index contributed by atoms with van der Waals surface area (Å²) < 4.78 is 8.46. The SMILES string of the molecule is Cc1oc(-c2ccccc2)nc1Cn1ccn(Cc2ccc(Cl)cc2)c(=O)c1=O. The van der Waals surface area contributed by atoms with Gasteiger partial charge in [-0.15, -0.1) is 0 Å². The van der Waals surface area contributed by atoms with E-state index < -0.39 is 11.1 Å². The van der Waals surface area contributed by atoms with E-state index in [4.69, 9.17) is 16.0 Å². The molecule has 0 aliphatic heterocycles. The summed E-state index contributed by atoms with van der Waals surface area (Å²) in [4.78, 5) is 29.6. The van der Waals surface area contributed by atoms with Crippen LogP contribution < -0.4 is 11.1 Å². The molecule has 0 aliphatic rings. The molecular formula is C22H18ClN3O3. The second-order valence-corrected chi connectivity index (χ2v) is 7.12. The zero-order chi connectivity index (χ0) is 20.4. The van der Waals surface area contributed by atoms with E-state index in [9.17, 15) is 9.59 Å². The molecule has 4 rings (SSSR count). The van der Waals surface area contributed by atoms with Crippen molar-refractivity contribution in [2.75, 3.05) is 0 Å². The molecular weight excluding hydrogens is 390 g/mol. The summed E-state index contributed by atoms with van der Waals surface area (Å²) in [6, 6.07) is 16.7. The van der Waals surface area contributed by atoms with Gasteiger partial charge in [-0.2, -0.15) is 0 Å². The van der Waals surface area contributed by atoms with Crippen LogP contribution >= 0.6 is 11.6 Å². The van der Waals surface area contributed by atoms with Crippen LogP contribution in [0.25, 0.3) is 11.5 Å². The van der Waals surface area contributed by atoms with Gasteiger partial charge in [-0.1, -0.05) is 41.9 Å². The number of rotatable bonds is 5. The van der Waals surface area contributed by atoms with Crippen LogP contribution in [0.15, 0.2) is 81.0 Å². The van der Waals surface area contributed by atoms with Gasteiger partial charge in [0.2, 0.25) is 5.89 Å². The lowest BCUT2D eigenvalue weighted by molar-refractivity contribution is 0.537. The molecule has 6 nitrogen and oxygen atoms in total. The van der Waals surface area contributed by atoms with Crippen LogP contribution in [0.4, 0.5) is 0 Å². The van der Waals surface area contributed by atoms with Crippen molar-refractivity contribution < 1.29 is 4.42 Å². The minimum absolute atomic E-state index is 0.165. The largest absolute Gasteiger partial charge is 0.441 e. The fourth-order valence-electron chi connectivity index (χ4n) is 3.02. The Labute approximate surface area is 171 Å². The van der Waals surface area contributed by atoms with Crippen LogP contribution in [0.1, 0.15) is 17.0 Å². The maximum atomic E-state index is 12.6. The van der Waals surface area contributed by atoms with E-state index in [0.29, 0.717) is 28.9 Å². The van der Waals surface area contributed by atoms with Crippen LogP contribution in [0.3, 0.4) is 0 Å². The number of hydrogen-bond acceptors (Lipinski definition) is 4. The highest BCUT2D eigenvalue weighted by Crippen LogP contribution is 2.21. The van der Waals surface area contributed by atoms with Crippen molar-refractivity contribution >= 4 is 11.6 Å². The van der Waals surface area contributed by atoms with Crippen LogP contribution in [-0.2, 0) is 13.1 Å². The predicted octanol–water partition coefficient (Wildman–Crippen LogP) is 3.72. The number of hydrogen-bond donors (Lipinski definition) is 0. The van der Waals surface area contributed by atoms with Crippen molar-refractivity contribution in [3.8, 4) is 11.5 Å². The molecule has 7 heteroatoms. The van der Waals surface area contributed by atoms with Gasteiger partial charge < -0.3 is 13.6 Å². The molecule has 0 radical (unpaired) electrons. The first kappa shape index (κ1) is 19.0. The summed E-state index contributed by atoms with van der Waals surface area (Å²) in [5.41, 5.74) is 1.15. The van der Waals surface area contributed by atoms with Gasteiger partial charge >= 0.3 is 11.1 Å². The quantitative estimate of drug-likeness (QED) is 0.473. The summed E-state index contributed by atoms with van der Waals surface area (Å²) in [6.45, 7) is 2.26. The highest BCUT2D eigenvalue weighted by atomic mass is 35.5. The third-order valence-corrected chi connectivity index (χ3v) is 4.88. The van der Waals surface area contributed by atoms with E-state index in [-0.39, 0.29) is 6.54 Å². The van der Waals surface area contributed by atoms with Gasteiger partial charge in [-0.25, -0.2) is 4.98 Å². The van der Waals surface area contributed by atoms with Gasteiger partial charge in [0.1, 0.15) is 11.5 Å². The molecule has 0 aliphatic carbocycles. The minimum atomic E-state index is -0.606. The number of nitrogens with zero attached hydrogens (tertiary/aromatic N) is 3. The normalized spacial score (nSPS) is 11.0. The molecule has 0 saturated heterocycles. The number of aromatic nitrogens is 3. The number of benzene rings is 2. The van der Waals surface area contributed by atoms with Gasteiger partial charge in [0.05, 0.1) is 13.1 Å². The average Bonchev–Trinajstić information content (AvgIpc) is 3.10. The zero-order valence-corrected chi connectivity index (χ0v) is 16.5. The first-order valence-electron chi connectivity index (χ1n) is 9.07. The highest BCUT2D eigenvalue weighted by Gasteiger charge is 2.14. The minimum Gasteiger partial charge on any atom is -0.441 e. The first-order chi connectivity index (χ1) is 14.0. The Morgan fingerprint density at radius 2 is 1.52 bits per heavy atom. The molecule has 0 bridgehead atoms. The molecule has 0 fully saturated rings. The van der Waals surface area contributed by atoms with Crippen molar-refractivity contribution in [1.29, 1.82) is 0 Å². The second kappa shape index (κ2) is 7.93. The Kier molecular flexibility index (Phi) is 5.18. The van der Waals surface area contributed by atoms with Gasteiger partial charge in [-0.3, -0.25) is 9.59 Å².